The lowest BCUT2D eigenvalue weighted by Crippen LogP contribution is -2.55. The zero-order chi connectivity index (χ0) is 37.8. The molecule has 0 amide bonds. The Morgan fingerprint density at radius 3 is 1.73 bits per heavy atom. The Kier molecular flexibility index (Phi) is 32.1. The number of nitrogens with zero attached hydrogens (tertiary/aromatic N) is 1. The Morgan fingerprint density at radius 2 is 1.14 bits per heavy atom. The Morgan fingerprint density at radius 1 is 0.608 bits per heavy atom. The van der Waals surface area contributed by atoms with Crippen molar-refractivity contribution < 1.29 is 38.2 Å². The van der Waals surface area contributed by atoms with Crippen LogP contribution in [0.25, 0.3) is 0 Å². The molecule has 0 rings (SSSR count). The second-order valence-corrected chi connectivity index (χ2v) is 14.1. The largest absolute Gasteiger partial charge is 0.544 e. The molecule has 0 radical (unpaired) electrons. The maximum Gasteiger partial charge on any atom is 0.306 e. The quantitative estimate of drug-likeness (QED) is 0.0284. The van der Waals surface area contributed by atoms with E-state index >= 15 is 0 Å². The number of hydrogen-bond acceptors (Lipinski definition) is 7. The van der Waals surface area contributed by atoms with E-state index in [1.807, 2.05) is 6.08 Å². The predicted molar refractivity (Wildman–Crippen MR) is 208 cm³/mol. The van der Waals surface area contributed by atoms with Gasteiger partial charge in [0.25, 0.3) is 0 Å². The van der Waals surface area contributed by atoms with Gasteiger partial charge in [-0.25, -0.2) is 0 Å². The van der Waals surface area contributed by atoms with Gasteiger partial charge >= 0.3 is 11.9 Å². The van der Waals surface area contributed by atoms with E-state index in [1.54, 1.807) is 21.1 Å². The Balaban J connectivity index is 4.39. The zero-order valence-electron chi connectivity index (χ0n) is 33.0. The summed E-state index contributed by atoms with van der Waals surface area (Å²) >= 11 is 0. The van der Waals surface area contributed by atoms with Crippen LogP contribution in [0.1, 0.15) is 142 Å². The van der Waals surface area contributed by atoms with E-state index in [4.69, 9.17) is 14.2 Å². The molecule has 8 nitrogen and oxygen atoms in total. The highest BCUT2D eigenvalue weighted by atomic mass is 16.6. The van der Waals surface area contributed by atoms with Crippen LogP contribution in [0.3, 0.4) is 0 Å². The van der Waals surface area contributed by atoms with Gasteiger partial charge in [-0.05, 0) is 64.2 Å². The van der Waals surface area contributed by atoms with E-state index in [-0.39, 0.29) is 49.1 Å². The number of allylic oxidation sites excluding steroid dienone is 10. The number of aliphatic carboxylic acids is 1. The number of ether oxygens (including phenoxy) is 3. The third kappa shape index (κ3) is 32.7. The van der Waals surface area contributed by atoms with Crippen molar-refractivity contribution in [1.82, 2.24) is 0 Å². The number of likely N-dealkylation sites (N-methyl/N-ethyl adjacent to an activating group) is 1. The average molecular weight is 716 g/mol. The summed E-state index contributed by atoms with van der Waals surface area (Å²) in [4.78, 5) is 36.6. The van der Waals surface area contributed by atoms with E-state index in [2.05, 4.69) is 68.5 Å². The molecule has 0 heterocycles. The standard InChI is InChI=1S/C43H73NO7/c1-6-8-10-12-14-16-17-18-19-20-21-22-23-24-25-26-28-30-32-34-42(46)51-39(37-49-36-35-40(43(47)48)44(3,4)5)38-50-41(45)33-31-29-27-15-13-11-9-7-2/h8,10,14,16,18-19,21-22,27,29,39-40H,6-7,9,11-13,15,17,20,23-26,28,30-38H2,1-5H3/b10-8+,16-14+,19-18+,22-21+,29-27+. The van der Waals surface area contributed by atoms with Crippen LogP contribution < -0.4 is 5.11 Å². The van der Waals surface area contributed by atoms with Gasteiger partial charge in [-0.1, -0.05) is 120 Å². The molecule has 0 spiro atoms. The SMILES string of the molecule is CC/C=C/C/C=C/C/C=C/C/C=C/CCCCCCCCC(=O)OC(COCCC(C(=O)[O-])[N+](C)(C)C)COC(=O)CC/C=C/CCCCCC. The Bertz CT molecular complexity index is 1020. The Labute approximate surface area is 311 Å². The molecule has 0 bridgehead atoms. The fraction of sp³-hybridized carbons (Fsp3) is 0.698. The molecule has 0 saturated heterocycles. The maximum absolute atomic E-state index is 12.6. The number of carboxylic acid groups (broad SMARTS) is 1. The monoisotopic (exact) mass is 716 g/mol. The molecule has 0 aromatic rings. The number of carboxylic acids is 1. The first kappa shape index (κ1) is 48.0. The fourth-order valence-corrected chi connectivity index (χ4v) is 5.31. The molecule has 0 aliphatic heterocycles. The van der Waals surface area contributed by atoms with Crippen molar-refractivity contribution in [2.45, 2.75) is 154 Å². The lowest BCUT2D eigenvalue weighted by Gasteiger charge is -2.34. The van der Waals surface area contributed by atoms with Crippen LogP contribution in [0, 0.1) is 0 Å². The fourth-order valence-electron chi connectivity index (χ4n) is 5.31. The third-order valence-corrected chi connectivity index (χ3v) is 8.40. The van der Waals surface area contributed by atoms with E-state index in [1.165, 1.54) is 32.1 Å². The third-order valence-electron chi connectivity index (χ3n) is 8.40. The highest BCUT2D eigenvalue weighted by Gasteiger charge is 2.25. The van der Waals surface area contributed by atoms with Gasteiger partial charge in [-0.15, -0.1) is 0 Å². The van der Waals surface area contributed by atoms with Crippen molar-refractivity contribution >= 4 is 17.9 Å². The first-order valence-corrected chi connectivity index (χ1v) is 19.8. The molecular formula is C43H73NO7. The van der Waals surface area contributed by atoms with Gasteiger partial charge < -0.3 is 28.6 Å². The summed E-state index contributed by atoms with van der Waals surface area (Å²) in [5.74, 6) is -1.83. The summed E-state index contributed by atoms with van der Waals surface area (Å²) in [5.41, 5.74) is 0. The number of carbonyl (C=O) groups excluding carboxylic acids is 3. The summed E-state index contributed by atoms with van der Waals surface area (Å²) in [7, 11) is 5.37. The normalized spacial score (nSPS) is 13.7. The van der Waals surface area contributed by atoms with Crippen molar-refractivity contribution in [3.63, 3.8) is 0 Å². The van der Waals surface area contributed by atoms with Gasteiger partial charge in [0.15, 0.2) is 6.10 Å². The molecule has 2 atom stereocenters. The number of carbonyl (C=O) groups is 3. The molecule has 0 saturated carbocycles. The van der Waals surface area contributed by atoms with Crippen LogP contribution >= 0.6 is 0 Å². The second kappa shape index (κ2) is 34.1. The van der Waals surface area contributed by atoms with Crippen LogP contribution in [0.4, 0.5) is 0 Å². The van der Waals surface area contributed by atoms with E-state index < -0.39 is 18.1 Å². The van der Waals surface area contributed by atoms with Crippen LogP contribution in [-0.2, 0) is 28.6 Å². The number of quaternary nitrogens is 1. The summed E-state index contributed by atoms with van der Waals surface area (Å²) in [6, 6.07) is -0.733. The van der Waals surface area contributed by atoms with Crippen molar-refractivity contribution in [3.8, 4) is 0 Å². The molecule has 292 valence electrons. The van der Waals surface area contributed by atoms with Crippen LogP contribution in [-0.4, -0.2) is 75.5 Å². The highest BCUT2D eigenvalue weighted by molar-refractivity contribution is 5.70. The molecule has 0 aliphatic carbocycles. The molecule has 0 aliphatic rings. The lowest BCUT2D eigenvalue weighted by molar-refractivity contribution is -0.889. The summed E-state index contributed by atoms with van der Waals surface area (Å²) < 4.78 is 17.0. The van der Waals surface area contributed by atoms with Crippen molar-refractivity contribution in [2.75, 3.05) is 41.0 Å². The van der Waals surface area contributed by atoms with Crippen LogP contribution in [0.5, 0.6) is 0 Å². The summed E-state index contributed by atoms with van der Waals surface area (Å²) in [6.07, 6.45) is 39.8. The lowest BCUT2D eigenvalue weighted by atomic mass is 10.1. The summed E-state index contributed by atoms with van der Waals surface area (Å²) in [5, 5.41) is 11.6. The predicted octanol–water partition coefficient (Wildman–Crippen LogP) is 8.91. The smallest absolute Gasteiger partial charge is 0.306 e. The van der Waals surface area contributed by atoms with Crippen LogP contribution in [0.2, 0.25) is 0 Å². The van der Waals surface area contributed by atoms with E-state index in [0.717, 1.165) is 70.6 Å². The van der Waals surface area contributed by atoms with Gasteiger partial charge in [-0.3, -0.25) is 9.59 Å². The molecule has 0 N–H and O–H groups in total. The molecule has 0 aromatic carbocycles. The minimum atomic E-state index is -1.14. The van der Waals surface area contributed by atoms with Gasteiger partial charge in [0.05, 0.1) is 40.3 Å². The average Bonchev–Trinajstić information content (AvgIpc) is 3.08. The van der Waals surface area contributed by atoms with Gasteiger partial charge in [0, 0.05) is 19.3 Å². The minimum absolute atomic E-state index is 0.0207. The number of hydrogen-bond donors (Lipinski definition) is 0. The van der Waals surface area contributed by atoms with Gasteiger partial charge in [-0.2, -0.15) is 0 Å². The second-order valence-electron chi connectivity index (χ2n) is 14.1. The Hall–Kier alpha value is -2.97. The van der Waals surface area contributed by atoms with Gasteiger partial charge in [0.2, 0.25) is 0 Å². The molecular weight excluding hydrogens is 642 g/mol. The molecule has 0 fully saturated rings. The van der Waals surface area contributed by atoms with Gasteiger partial charge in [0.1, 0.15) is 12.6 Å². The number of rotatable bonds is 34. The van der Waals surface area contributed by atoms with E-state index in [9.17, 15) is 19.5 Å². The molecule has 51 heavy (non-hydrogen) atoms. The van der Waals surface area contributed by atoms with Crippen molar-refractivity contribution in [1.29, 1.82) is 0 Å². The molecule has 0 aromatic heterocycles. The number of esters is 2. The zero-order valence-corrected chi connectivity index (χ0v) is 33.0. The van der Waals surface area contributed by atoms with Crippen LogP contribution in [0.15, 0.2) is 60.8 Å². The summed E-state index contributed by atoms with van der Waals surface area (Å²) in [6.45, 7) is 4.42. The van der Waals surface area contributed by atoms with Crippen molar-refractivity contribution in [2.24, 2.45) is 0 Å². The first-order valence-electron chi connectivity index (χ1n) is 19.8. The first-order chi connectivity index (χ1) is 24.6. The minimum Gasteiger partial charge on any atom is -0.544 e. The highest BCUT2D eigenvalue weighted by Crippen LogP contribution is 2.12. The van der Waals surface area contributed by atoms with E-state index in [0.29, 0.717) is 12.8 Å². The maximum atomic E-state index is 12.6. The van der Waals surface area contributed by atoms with Crippen molar-refractivity contribution in [3.05, 3.63) is 60.8 Å². The molecule has 8 heteroatoms. The number of unbranched alkanes of at least 4 members (excludes halogenated alkanes) is 10. The topological polar surface area (TPSA) is 102 Å². The molecule has 2 unspecified atom stereocenters.